The number of hydrogen-bond donors (Lipinski definition) is 1. The highest BCUT2D eigenvalue weighted by atomic mass is 16.5. The molecular weight excluding hydrogens is 252 g/mol. The van der Waals surface area contributed by atoms with E-state index in [2.05, 4.69) is 23.2 Å². The molecule has 1 aliphatic rings. The quantitative estimate of drug-likeness (QED) is 0.865. The summed E-state index contributed by atoms with van der Waals surface area (Å²) in [5.74, 6) is 1.75. The summed E-state index contributed by atoms with van der Waals surface area (Å²) in [5, 5.41) is 3.55. The Morgan fingerprint density at radius 2 is 2.15 bits per heavy atom. The fourth-order valence-electron chi connectivity index (χ4n) is 2.88. The van der Waals surface area contributed by atoms with Crippen LogP contribution >= 0.6 is 0 Å². The van der Waals surface area contributed by atoms with E-state index in [4.69, 9.17) is 9.47 Å². The van der Waals surface area contributed by atoms with Gasteiger partial charge in [0.2, 0.25) is 0 Å². The molecule has 1 heterocycles. The second kappa shape index (κ2) is 7.50. The molecule has 0 spiro atoms. The number of likely N-dealkylation sites (tertiary alicyclic amines) is 1. The Bertz CT molecular complexity index is 421. The van der Waals surface area contributed by atoms with Crippen LogP contribution in [-0.4, -0.2) is 44.8 Å². The van der Waals surface area contributed by atoms with Crippen LogP contribution in [0.15, 0.2) is 18.2 Å². The van der Waals surface area contributed by atoms with E-state index < -0.39 is 0 Å². The van der Waals surface area contributed by atoms with Crippen LogP contribution in [0.2, 0.25) is 0 Å². The highest BCUT2D eigenvalue weighted by molar-refractivity contribution is 5.40. The summed E-state index contributed by atoms with van der Waals surface area (Å²) in [6, 6.07) is 6.69. The lowest BCUT2D eigenvalue weighted by atomic mass is 10.0. The van der Waals surface area contributed by atoms with E-state index in [9.17, 15) is 0 Å². The molecule has 0 aromatic heterocycles. The number of piperidine rings is 1. The Morgan fingerprint density at radius 1 is 1.30 bits per heavy atom. The van der Waals surface area contributed by atoms with Crippen molar-refractivity contribution in [2.45, 2.75) is 32.4 Å². The molecule has 0 saturated carbocycles. The van der Waals surface area contributed by atoms with Crippen LogP contribution in [0.25, 0.3) is 0 Å². The van der Waals surface area contributed by atoms with Crippen LogP contribution in [0.1, 0.15) is 25.3 Å². The lowest BCUT2D eigenvalue weighted by Crippen LogP contribution is -2.45. The molecule has 1 fully saturated rings. The Hall–Kier alpha value is -1.26. The highest BCUT2D eigenvalue weighted by Gasteiger charge is 2.20. The molecule has 1 aliphatic heterocycles. The Balaban J connectivity index is 2.01. The van der Waals surface area contributed by atoms with Gasteiger partial charge in [-0.05, 0) is 32.0 Å². The first kappa shape index (κ1) is 15.1. The molecule has 4 nitrogen and oxygen atoms in total. The zero-order chi connectivity index (χ0) is 14.4. The zero-order valence-corrected chi connectivity index (χ0v) is 12.8. The molecule has 1 N–H and O–H groups in total. The standard InChI is InChI=1S/C16H26N2O2/c1-4-17-14-6-5-9-18(12-14)11-13-7-8-15(19-2)10-16(13)20-3/h7-8,10,14,17H,4-6,9,11-12H2,1-3H3. The maximum Gasteiger partial charge on any atom is 0.127 e. The average Bonchev–Trinajstić information content (AvgIpc) is 2.48. The third-order valence-electron chi connectivity index (χ3n) is 3.89. The van der Waals surface area contributed by atoms with Gasteiger partial charge in [-0.3, -0.25) is 4.90 Å². The van der Waals surface area contributed by atoms with Crippen LogP contribution in [0.5, 0.6) is 11.5 Å². The second-order valence-corrected chi connectivity index (χ2v) is 5.31. The van der Waals surface area contributed by atoms with Crippen LogP contribution < -0.4 is 14.8 Å². The molecule has 4 heteroatoms. The first-order valence-corrected chi connectivity index (χ1v) is 7.43. The van der Waals surface area contributed by atoms with Gasteiger partial charge in [-0.15, -0.1) is 0 Å². The monoisotopic (exact) mass is 278 g/mol. The van der Waals surface area contributed by atoms with Gasteiger partial charge in [0.05, 0.1) is 14.2 Å². The van der Waals surface area contributed by atoms with Crippen molar-refractivity contribution in [3.8, 4) is 11.5 Å². The Labute approximate surface area is 122 Å². The molecule has 2 rings (SSSR count). The van der Waals surface area contributed by atoms with Crippen LogP contribution in [0.3, 0.4) is 0 Å². The molecule has 1 unspecified atom stereocenters. The number of ether oxygens (including phenoxy) is 2. The fourth-order valence-corrected chi connectivity index (χ4v) is 2.88. The molecular formula is C16H26N2O2. The fraction of sp³-hybridized carbons (Fsp3) is 0.625. The third kappa shape index (κ3) is 3.87. The molecule has 1 aromatic rings. The van der Waals surface area contributed by atoms with E-state index in [-0.39, 0.29) is 0 Å². The van der Waals surface area contributed by atoms with Gasteiger partial charge in [0, 0.05) is 30.8 Å². The van der Waals surface area contributed by atoms with E-state index in [0.29, 0.717) is 6.04 Å². The van der Waals surface area contributed by atoms with Crippen molar-refractivity contribution in [1.29, 1.82) is 0 Å². The lowest BCUT2D eigenvalue weighted by molar-refractivity contribution is 0.183. The summed E-state index contributed by atoms with van der Waals surface area (Å²) in [5.41, 5.74) is 1.23. The number of benzene rings is 1. The molecule has 20 heavy (non-hydrogen) atoms. The summed E-state index contributed by atoms with van der Waals surface area (Å²) in [6.07, 6.45) is 2.54. The molecule has 1 aromatic carbocycles. The first-order chi connectivity index (χ1) is 9.76. The van der Waals surface area contributed by atoms with E-state index in [1.54, 1.807) is 14.2 Å². The van der Waals surface area contributed by atoms with Crippen molar-refractivity contribution in [3.63, 3.8) is 0 Å². The largest absolute Gasteiger partial charge is 0.497 e. The van der Waals surface area contributed by atoms with Crippen molar-refractivity contribution < 1.29 is 9.47 Å². The summed E-state index contributed by atoms with van der Waals surface area (Å²) >= 11 is 0. The normalized spacial score (nSPS) is 19.9. The van der Waals surface area contributed by atoms with Gasteiger partial charge in [-0.2, -0.15) is 0 Å². The van der Waals surface area contributed by atoms with Crippen molar-refractivity contribution in [2.75, 3.05) is 33.9 Å². The lowest BCUT2D eigenvalue weighted by Gasteiger charge is -2.33. The van der Waals surface area contributed by atoms with Crippen LogP contribution in [0.4, 0.5) is 0 Å². The topological polar surface area (TPSA) is 33.7 Å². The first-order valence-electron chi connectivity index (χ1n) is 7.43. The maximum absolute atomic E-state index is 5.48. The predicted molar refractivity (Wildman–Crippen MR) is 81.5 cm³/mol. The number of rotatable bonds is 6. The minimum Gasteiger partial charge on any atom is -0.497 e. The molecule has 0 amide bonds. The van der Waals surface area contributed by atoms with E-state index >= 15 is 0 Å². The predicted octanol–water partition coefficient (Wildman–Crippen LogP) is 2.28. The van der Waals surface area contributed by atoms with Gasteiger partial charge >= 0.3 is 0 Å². The van der Waals surface area contributed by atoms with Crippen molar-refractivity contribution in [3.05, 3.63) is 23.8 Å². The van der Waals surface area contributed by atoms with Crippen molar-refractivity contribution in [1.82, 2.24) is 10.2 Å². The van der Waals surface area contributed by atoms with E-state index in [1.807, 2.05) is 12.1 Å². The average molecular weight is 278 g/mol. The van der Waals surface area contributed by atoms with Crippen molar-refractivity contribution in [2.24, 2.45) is 0 Å². The molecule has 0 radical (unpaired) electrons. The number of hydrogen-bond acceptors (Lipinski definition) is 4. The minimum atomic E-state index is 0.623. The minimum absolute atomic E-state index is 0.623. The molecule has 112 valence electrons. The molecule has 1 saturated heterocycles. The third-order valence-corrected chi connectivity index (χ3v) is 3.89. The highest BCUT2D eigenvalue weighted by Crippen LogP contribution is 2.26. The smallest absolute Gasteiger partial charge is 0.127 e. The SMILES string of the molecule is CCNC1CCCN(Cc2ccc(OC)cc2OC)C1. The van der Waals surface area contributed by atoms with E-state index in [0.717, 1.165) is 37.7 Å². The van der Waals surface area contributed by atoms with Gasteiger partial charge in [0.15, 0.2) is 0 Å². The second-order valence-electron chi connectivity index (χ2n) is 5.31. The van der Waals surface area contributed by atoms with Gasteiger partial charge in [-0.25, -0.2) is 0 Å². The molecule has 0 aliphatic carbocycles. The van der Waals surface area contributed by atoms with Gasteiger partial charge in [-0.1, -0.05) is 13.0 Å². The summed E-state index contributed by atoms with van der Waals surface area (Å²) < 4.78 is 10.7. The number of methoxy groups -OCH3 is 2. The Kier molecular flexibility index (Phi) is 5.68. The molecule has 0 bridgehead atoms. The molecule has 1 atom stereocenters. The van der Waals surface area contributed by atoms with Crippen LogP contribution in [-0.2, 0) is 6.54 Å². The number of nitrogens with zero attached hydrogens (tertiary/aromatic N) is 1. The van der Waals surface area contributed by atoms with Crippen molar-refractivity contribution >= 4 is 0 Å². The number of nitrogens with one attached hydrogen (secondary N) is 1. The Morgan fingerprint density at radius 3 is 2.85 bits per heavy atom. The van der Waals surface area contributed by atoms with Crippen LogP contribution in [0, 0.1) is 0 Å². The summed E-state index contributed by atoms with van der Waals surface area (Å²) in [7, 11) is 3.40. The maximum atomic E-state index is 5.48. The number of likely N-dealkylation sites (N-methyl/N-ethyl adjacent to an activating group) is 1. The summed E-state index contributed by atoms with van der Waals surface area (Å²) in [6.45, 7) is 6.44. The van der Waals surface area contributed by atoms with Gasteiger partial charge < -0.3 is 14.8 Å². The van der Waals surface area contributed by atoms with Gasteiger partial charge in [0.1, 0.15) is 11.5 Å². The summed E-state index contributed by atoms with van der Waals surface area (Å²) in [4.78, 5) is 2.50. The van der Waals surface area contributed by atoms with Gasteiger partial charge in [0.25, 0.3) is 0 Å². The zero-order valence-electron chi connectivity index (χ0n) is 12.8. The van der Waals surface area contributed by atoms with E-state index in [1.165, 1.54) is 18.4 Å².